The molecule has 1 aliphatic heterocycles. The van der Waals surface area contributed by atoms with Crippen LogP contribution >= 0.6 is 46.3 Å². The molecule has 2 aromatic heterocycles. The van der Waals surface area contributed by atoms with Gasteiger partial charge in [0, 0.05) is 39.2 Å². The monoisotopic (exact) mass is 699 g/mol. The van der Waals surface area contributed by atoms with E-state index in [2.05, 4.69) is 23.9 Å². The maximum absolute atomic E-state index is 11.6. The minimum atomic E-state index is -4.60. The highest BCUT2D eigenvalue weighted by Crippen LogP contribution is 2.47. The summed E-state index contributed by atoms with van der Waals surface area (Å²) in [6.07, 6.45) is 8.08. The number of halogens is 2. The standard InChI is InChI=1S/C21H18Cl2N2O6S4.C7H10N/c1-2-13(7-20-24(11-34(26,27)28)16-9-14(22)3-5-18(16)32-20)8-21-25(12-35(29,30)31)17-10-15(23)4-6-19(17)33-21;1-2-8-6-4-3-5-7-8/h3-10H,2,11-12H2,1H3,(H-,26,27,28,29,30,31);3-7H,2H2,1H3/q;+1/p-1. The van der Waals surface area contributed by atoms with Crippen molar-refractivity contribution in [3.8, 4) is 0 Å². The third-order valence-corrected chi connectivity index (χ3v) is 9.97. The zero-order valence-electron chi connectivity index (χ0n) is 23.0. The van der Waals surface area contributed by atoms with Crippen LogP contribution in [0.2, 0.25) is 10.0 Å². The van der Waals surface area contributed by atoms with E-state index in [1.165, 1.54) is 32.6 Å². The Morgan fingerprint density at radius 3 is 2.23 bits per heavy atom. The molecule has 2 aromatic carbocycles. The summed E-state index contributed by atoms with van der Waals surface area (Å²) >= 11 is 14.7. The second-order valence-electron chi connectivity index (χ2n) is 9.26. The maximum Gasteiger partial charge on any atom is 0.263 e. The van der Waals surface area contributed by atoms with Crippen molar-refractivity contribution in [2.24, 2.45) is 0 Å². The summed E-state index contributed by atoms with van der Waals surface area (Å²) < 4.78 is 73.8. The molecule has 5 rings (SSSR count). The summed E-state index contributed by atoms with van der Waals surface area (Å²) in [5.74, 6) is -1.54. The fourth-order valence-electron chi connectivity index (χ4n) is 4.15. The van der Waals surface area contributed by atoms with Crippen molar-refractivity contribution >= 4 is 88.5 Å². The molecule has 0 spiro atoms. The van der Waals surface area contributed by atoms with Crippen molar-refractivity contribution < 1.29 is 35.1 Å². The Bertz CT molecular complexity index is 1910. The Hall–Kier alpha value is -2.49. The number of fused-ring (bicyclic) bond motifs is 2. The first-order valence-corrected chi connectivity index (χ1v) is 18.4. The van der Waals surface area contributed by atoms with Crippen LogP contribution in [0.5, 0.6) is 0 Å². The fraction of sp³-hybridized carbons (Fsp3) is 0.214. The molecule has 43 heavy (non-hydrogen) atoms. The lowest BCUT2D eigenvalue weighted by atomic mass is 10.2. The molecule has 0 bridgehead atoms. The number of allylic oxidation sites excluding steroid dienone is 2. The van der Waals surface area contributed by atoms with Gasteiger partial charge in [-0.3, -0.25) is 0 Å². The van der Waals surface area contributed by atoms with Crippen LogP contribution in [0.15, 0.2) is 88.6 Å². The molecule has 0 aliphatic carbocycles. The molecule has 0 fully saturated rings. The van der Waals surface area contributed by atoms with Crippen LogP contribution < -0.4 is 14.0 Å². The number of aryl methyl sites for hydroxylation is 1. The summed E-state index contributed by atoms with van der Waals surface area (Å²) in [5, 5.41) is 1.80. The molecule has 0 saturated carbocycles. The first-order chi connectivity index (χ1) is 20.3. The predicted octanol–water partition coefficient (Wildman–Crippen LogP) is 5.74. The third-order valence-electron chi connectivity index (χ3n) is 6.13. The molecule has 1 aliphatic rings. The van der Waals surface area contributed by atoms with Gasteiger partial charge in [0.25, 0.3) is 5.01 Å². The smallest absolute Gasteiger partial charge is 0.263 e. The van der Waals surface area contributed by atoms with Gasteiger partial charge in [-0.25, -0.2) is 21.4 Å². The maximum atomic E-state index is 11.6. The first-order valence-electron chi connectivity index (χ1n) is 12.9. The highest BCUT2D eigenvalue weighted by atomic mass is 35.5. The molecule has 0 N–H and O–H groups in total. The van der Waals surface area contributed by atoms with Gasteiger partial charge in [0.05, 0.1) is 10.7 Å². The number of hydrogen-bond acceptors (Lipinski definition) is 9. The number of anilines is 1. The van der Waals surface area contributed by atoms with Crippen molar-refractivity contribution in [1.29, 1.82) is 0 Å². The molecule has 15 heteroatoms. The molecular weight excluding hydrogens is 673 g/mol. The van der Waals surface area contributed by atoms with Crippen LogP contribution in [0, 0.1) is 0 Å². The van der Waals surface area contributed by atoms with Crippen molar-refractivity contribution in [1.82, 2.24) is 0 Å². The minimum absolute atomic E-state index is 0.397. The molecule has 3 heterocycles. The average Bonchev–Trinajstić information content (AvgIpc) is 3.43. The number of thioether (sulfide) groups is 1. The van der Waals surface area contributed by atoms with Gasteiger partial charge >= 0.3 is 0 Å². The van der Waals surface area contributed by atoms with Crippen molar-refractivity contribution in [3.05, 3.63) is 98.7 Å². The minimum Gasteiger partial charge on any atom is -0.747 e. The van der Waals surface area contributed by atoms with Crippen LogP contribution in [0.3, 0.4) is 0 Å². The molecule has 0 atom stereocenters. The Kier molecular flexibility index (Phi) is 10.9. The topological polar surface area (TPSA) is 125 Å². The van der Waals surface area contributed by atoms with Gasteiger partial charge in [0.15, 0.2) is 22.5 Å². The lowest BCUT2D eigenvalue weighted by molar-refractivity contribution is -0.693. The highest BCUT2D eigenvalue weighted by molar-refractivity contribution is 8.03. The number of benzene rings is 2. The van der Waals surface area contributed by atoms with Crippen molar-refractivity contribution in [2.45, 2.75) is 37.6 Å². The number of pyridine rings is 1. The summed E-state index contributed by atoms with van der Waals surface area (Å²) in [4.78, 5) is 2.13. The Morgan fingerprint density at radius 2 is 1.63 bits per heavy atom. The SMILES string of the molecule is CCC(=Cc1sc2ccc(Cl)cc2[n+]1CS(=O)(=O)[O-])C=C1Sc2ccc(Cl)cc2N1CS(=O)(=O)[O-].CC[n+]1ccccc1. The summed E-state index contributed by atoms with van der Waals surface area (Å²) in [7, 11) is -9.21. The van der Waals surface area contributed by atoms with E-state index in [1.807, 2.05) is 25.1 Å². The summed E-state index contributed by atoms with van der Waals surface area (Å²) in [5.41, 5.74) is 1.73. The molecule has 4 aromatic rings. The highest BCUT2D eigenvalue weighted by Gasteiger charge is 2.28. The van der Waals surface area contributed by atoms with E-state index in [1.54, 1.807) is 48.6 Å². The van der Waals surface area contributed by atoms with E-state index >= 15 is 0 Å². The molecular formula is C28H27Cl2N3O6S4. The molecule has 0 amide bonds. The lowest BCUT2D eigenvalue weighted by Gasteiger charge is -2.22. The van der Waals surface area contributed by atoms with Crippen LogP contribution in [0.1, 0.15) is 25.3 Å². The lowest BCUT2D eigenvalue weighted by Crippen LogP contribution is -2.39. The molecule has 0 saturated heterocycles. The van der Waals surface area contributed by atoms with Gasteiger partial charge < -0.3 is 14.0 Å². The van der Waals surface area contributed by atoms with Gasteiger partial charge in [-0.15, -0.1) is 0 Å². The molecule has 9 nitrogen and oxygen atoms in total. The Morgan fingerprint density at radius 1 is 0.953 bits per heavy atom. The zero-order valence-corrected chi connectivity index (χ0v) is 27.8. The number of nitrogens with zero attached hydrogens (tertiary/aromatic N) is 3. The molecule has 228 valence electrons. The fourth-order valence-corrected chi connectivity index (χ4v) is 8.08. The summed E-state index contributed by atoms with van der Waals surface area (Å²) in [6, 6.07) is 16.1. The van der Waals surface area contributed by atoms with E-state index in [4.69, 9.17) is 23.2 Å². The normalized spacial score (nSPS) is 14.6. The molecule has 0 unspecified atom stereocenters. The van der Waals surface area contributed by atoms with Gasteiger partial charge in [-0.1, -0.05) is 59.3 Å². The van der Waals surface area contributed by atoms with Crippen LogP contribution in [-0.4, -0.2) is 31.8 Å². The summed E-state index contributed by atoms with van der Waals surface area (Å²) in [6.45, 7) is 5.06. The van der Waals surface area contributed by atoms with E-state index in [0.29, 0.717) is 37.7 Å². The van der Waals surface area contributed by atoms with Crippen LogP contribution in [0.4, 0.5) is 5.69 Å². The van der Waals surface area contributed by atoms with E-state index in [9.17, 15) is 25.9 Å². The Labute approximate surface area is 269 Å². The number of rotatable bonds is 8. The van der Waals surface area contributed by atoms with E-state index < -0.39 is 32.0 Å². The second kappa shape index (κ2) is 14.1. The molecule has 0 radical (unpaired) electrons. The van der Waals surface area contributed by atoms with E-state index in [-0.39, 0.29) is 0 Å². The zero-order chi connectivity index (χ0) is 31.4. The number of thiazole rings is 1. The van der Waals surface area contributed by atoms with Crippen molar-refractivity contribution in [3.63, 3.8) is 0 Å². The van der Waals surface area contributed by atoms with Gasteiger partial charge in [-0.05, 0) is 55.3 Å². The van der Waals surface area contributed by atoms with E-state index in [0.717, 1.165) is 21.7 Å². The first kappa shape index (κ1) is 33.4. The number of aromatic nitrogens is 2. The van der Waals surface area contributed by atoms with Crippen LogP contribution in [0.25, 0.3) is 16.3 Å². The van der Waals surface area contributed by atoms with Crippen molar-refractivity contribution in [2.75, 3.05) is 10.8 Å². The van der Waals surface area contributed by atoms with Crippen LogP contribution in [-0.2, 0) is 32.7 Å². The van der Waals surface area contributed by atoms with Gasteiger partial charge in [0.1, 0.15) is 27.2 Å². The second-order valence-corrected chi connectivity index (χ2v) is 15.0. The predicted molar refractivity (Wildman–Crippen MR) is 170 cm³/mol. The van der Waals surface area contributed by atoms with Gasteiger partial charge in [0.2, 0.25) is 11.4 Å². The average molecular weight is 701 g/mol. The Balaban J connectivity index is 0.000000458. The number of hydrogen-bond donors (Lipinski definition) is 0. The quantitative estimate of drug-likeness (QED) is 0.168. The third kappa shape index (κ3) is 9.25. The van der Waals surface area contributed by atoms with Gasteiger partial charge in [-0.2, -0.15) is 4.57 Å². The largest absolute Gasteiger partial charge is 0.747 e.